The number of fused-ring (bicyclic) bond motifs is 1. The van der Waals surface area contributed by atoms with Crippen molar-refractivity contribution in [1.82, 2.24) is 10.1 Å². The van der Waals surface area contributed by atoms with E-state index >= 15 is 0 Å². The van der Waals surface area contributed by atoms with Crippen LogP contribution >= 0.6 is 15.9 Å². The zero-order valence-corrected chi connectivity index (χ0v) is 16.9. The summed E-state index contributed by atoms with van der Waals surface area (Å²) in [5, 5.41) is 4.27. The molecule has 0 aliphatic heterocycles. The molecule has 4 nitrogen and oxygen atoms in total. The first kappa shape index (κ1) is 17.5. The van der Waals surface area contributed by atoms with E-state index in [0.717, 1.165) is 29.7 Å². The van der Waals surface area contributed by atoms with Gasteiger partial charge in [-0.1, -0.05) is 46.2 Å². The lowest BCUT2D eigenvalue weighted by Gasteiger charge is -2.27. The summed E-state index contributed by atoms with van der Waals surface area (Å²) in [5.41, 5.74) is 4.93. The third-order valence-corrected chi connectivity index (χ3v) is 6.30. The Labute approximate surface area is 162 Å². The molecule has 1 aromatic heterocycles. The Hall–Kier alpha value is -1.88. The highest BCUT2D eigenvalue weighted by Gasteiger charge is 2.30. The van der Waals surface area contributed by atoms with E-state index in [9.17, 15) is 0 Å². The Kier molecular flexibility index (Phi) is 4.74. The number of rotatable bonds is 4. The largest absolute Gasteiger partial charge is 0.494 e. The molecule has 4 rings (SSSR count). The smallest absolute Gasteiger partial charge is 0.254 e. The van der Waals surface area contributed by atoms with Crippen molar-refractivity contribution in [1.29, 1.82) is 0 Å². The van der Waals surface area contributed by atoms with Gasteiger partial charge in [0.1, 0.15) is 5.76 Å². The van der Waals surface area contributed by atoms with Crippen LogP contribution in [0.3, 0.4) is 0 Å². The summed E-state index contributed by atoms with van der Waals surface area (Å²) >= 11 is 3.75. The number of ether oxygens (including phenoxy) is 1. The first-order valence-electron chi connectivity index (χ1n) is 9.22. The number of aryl methyl sites for hydroxylation is 1. The van der Waals surface area contributed by atoms with Crippen LogP contribution in [0.2, 0.25) is 0 Å². The number of halogens is 1. The van der Waals surface area contributed by atoms with E-state index in [4.69, 9.17) is 14.2 Å². The highest BCUT2D eigenvalue weighted by atomic mass is 79.9. The van der Waals surface area contributed by atoms with Gasteiger partial charge in [0.25, 0.3) is 5.89 Å². The predicted molar refractivity (Wildman–Crippen MR) is 106 cm³/mol. The predicted octanol–water partition coefficient (Wildman–Crippen LogP) is 5.33. The van der Waals surface area contributed by atoms with Crippen LogP contribution in [-0.4, -0.2) is 21.1 Å². The van der Waals surface area contributed by atoms with Gasteiger partial charge >= 0.3 is 0 Å². The SMILES string of the molecule is CC(C)OC1=CC=C(c2nc(-c3cccc4c3CCC4)no2)C(C)C1Br. The van der Waals surface area contributed by atoms with Crippen molar-refractivity contribution in [2.24, 2.45) is 5.92 Å². The van der Waals surface area contributed by atoms with Crippen molar-refractivity contribution in [2.45, 2.75) is 51.0 Å². The molecule has 26 heavy (non-hydrogen) atoms. The lowest BCUT2D eigenvalue weighted by molar-refractivity contribution is 0.138. The fourth-order valence-corrected chi connectivity index (χ4v) is 4.29. The molecule has 0 N–H and O–H groups in total. The maximum absolute atomic E-state index is 5.89. The van der Waals surface area contributed by atoms with Crippen LogP contribution < -0.4 is 0 Å². The normalized spacial score (nSPS) is 22.2. The van der Waals surface area contributed by atoms with E-state index in [1.54, 1.807) is 0 Å². The Morgan fingerprint density at radius 2 is 2.08 bits per heavy atom. The highest BCUT2D eigenvalue weighted by molar-refractivity contribution is 9.09. The Balaban J connectivity index is 1.66. The van der Waals surface area contributed by atoms with Crippen LogP contribution in [-0.2, 0) is 17.6 Å². The van der Waals surface area contributed by atoms with Crippen molar-refractivity contribution in [3.63, 3.8) is 0 Å². The van der Waals surface area contributed by atoms with Gasteiger partial charge in [-0.05, 0) is 56.4 Å². The van der Waals surface area contributed by atoms with Gasteiger partial charge in [-0.25, -0.2) is 0 Å². The Morgan fingerprint density at radius 3 is 2.88 bits per heavy atom. The van der Waals surface area contributed by atoms with Gasteiger partial charge in [-0.3, -0.25) is 0 Å². The Bertz CT molecular complexity index is 882. The van der Waals surface area contributed by atoms with Gasteiger partial charge in [0, 0.05) is 17.1 Å². The van der Waals surface area contributed by atoms with Crippen LogP contribution in [0, 0.1) is 5.92 Å². The molecule has 0 saturated heterocycles. The third-order valence-electron chi connectivity index (χ3n) is 5.06. The minimum Gasteiger partial charge on any atom is -0.494 e. The van der Waals surface area contributed by atoms with Gasteiger partial charge in [0.2, 0.25) is 5.82 Å². The van der Waals surface area contributed by atoms with Crippen LogP contribution in [0.25, 0.3) is 17.0 Å². The summed E-state index contributed by atoms with van der Waals surface area (Å²) in [6, 6.07) is 6.39. The minimum atomic E-state index is 0.0984. The monoisotopic (exact) mass is 414 g/mol. The second kappa shape index (κ2) is 7.03. The minimum absolute atomic E-state index is 0.0984. The lowest BCUT2D eigenvalue weighted by atomic mass is 9.92. The van der Waals surface area contributed by atoms with E-state index < -0.39 is 0 Å². The van der Waals surface area contributed by atoms with E-state index in [1.165, 1.54) is 17.5 Å². The molecule has 1 aromatic carbocycles. The van der Waals surface area contributed by atoms with Crippen molar-refractivity contribution in [3.8, 4) is 11.4 Å². The first-order valence-corrected chi connectivity index (χ1v) is 10.1. The second-order valence-corrected chi connectivity index (χ2v) is 8.25. The van der Waals surface area contributed by atoms with Crippen molar-refractivity contribution < 1.29 is 9.26 Å². The van der Waals surface area contributed by atoms with Crippen molar-refractivity contribution >= 4 is 21.5 Å². The molecule has 1 heterocycles. The highest BCUT2D eigenvalue weighted by Crippen LogP contribution is 2.38. The molecule has 2 aliphatic carbocycles. The summed E-state index contributed by atoms with van der Waals surface area (Å²) in [6.07, 6.45) is 7.62. The molecule has 136 valence electrons. The quantitative estimate of drug-likeness (QED) is 0.634. The molecule has 2 unspecified atom stereocenters. The summed E-state index contributed by atoms with van der Waals surface area (Å²) in [4.78, 5) is 4.81. The summed E-state index contributed by atoms with van der Waals surface area (Å²) < 4.78 is 11.5. The number of benzene rings is 1. The number of allylic oxidation sites excluding steroid dienone is 4. The zero-order valence-electron chi connectivity index (χ0n) is 15.3. The third kappa shape index (κ3) is 3.13. The molecule has 0 saturated carbocycles. The zero-order chi connectivity index (χ0) is 18.3. The molecule has 0 amide bonds. The first-order chi connectivity index (χ1) is 12.5. The number of aromatic nitrogens is 2. The average molecular weight is 415 g/mol. The van der Waals surface area contributed by atoms with E-state index in [1.807, 2.05) is 26.0 Å². The number of hydrogen-bond donors (Lipinski definition) is 0. The molecule has 0 fully saturated rings. The standard InChI is InChI=1S/C21H23BrN2O2/c1-12(2)25-18-11-10-15(13(3)19(18)22)21-23-20(24-26-21)17-9-5-7-14-6-4-8-16(14)17/h5,7,9-13,19H,4,6,8H2,1-3H3. The number of hydrogen-bond acceptors (Lipinski definition) is 4. The van der Waals surface area contributed by atoms with Gasteiger partial charge in [-0.2, -0.15) is 4.98 Å². The Morgan fingerprint density at radius 1 is 1.23 bits per heavy atom. The lowest BCUT2D eigenvalue weighted by Crippen LogP contribution is -2.22. The number of nitrogens with zero attached hydrogens (tertiary/aromatic N) is 2. The number of alkyl halides is 1. The summed E-state index contributed by atoms with van der Waals surface area (Å²) in [7, 11) is 0. The molecule has 2 aliphatic rings. The maximum atomic E-state index is 5.89. The molecular formula is C21H23BrN2O2. The molecule has 0 spiro atoms. The van der Waals surface area contributed by atoms with E-state index in [2.05, 4.69) is 46.2 Å². The summed E-state index contributed by atoms with van der Waals surface area (Å²) in [6.45, 7) is 6.21. The topological polar surface area (TPSA) is 48.2 Å². The molecular weight excluding hydrogens is 392 g/mol. The molecule has 5 heteroatoms. The van der Waals surface area contributed by atoms with Crippen molar-refractivity contribution in [2.75, 3.05) is 0 Å². The van der Waals surface area contributed by atoms with Gasteiger partial charge in [0.15, 0.2) is 0 Å². The average Bonchev–Trinajstić information content (AvgIpc) is 3.27. The fraction of sp³-hybridized carbons (Fsp3) is 0.429. The molecule has 0 radical (unpaired) electrons. The van der Waals surface area contributed by atoms with Gasteiger partial charge in [-0.15, -0.1) is 0 Å². The molecule has 2 atom stereocenters. The maximum Gasteiger partial charge on any atom is 0.254 e. The van der Waals surface area contributed by atoms with Crippen LogP contribution in [0.5, 0.6) is 0 Å². The fourth-order valence-electron chi connectivity index (χ4n) is 3.74. The van der Waals surface area contributed by atoms with E-state index in [-0.39, 0.29) is 16.8 Å². The molecule has 2 aromatic rings. The van der Waals surface area contributed by atoms with Crippen LogP contribution in [0.1, 0.15) is 44.2 Å². The second-order valence-electron chi connectivity index (χ2n) is 7.27. The molecule has 0 bridgehead atoms. The summed E-state index contributed by atoms with van der Waals surface area (Å²) in [5.74, 6) is 2.40. The van der Waals surface area contributed by atoms with E-state index in [0.29, 0.717) is 11.7 Å². The van der Waals surface area contributed by atoms with Gasteiger partial charge in [0.05, 0.1) is 10.9 Å². The van der Waals surface area contributed by atoms with Crippen LogP contribution in [0.15, 0.2) is 40.6 Å². The van der Waals surface area contributed by atoms with Crippen LogP contribution in [0.4, 0.5) is 0 Å². The van der Waals surface area contributed by atoms with Gasteiger partial charge < -0.3 is 9.26 Å². The van der Waals surface area contributed by atoms with Crippen molar-refractivity contribution in [3.05, 3.63) is 53.1 Å².